The zero-order valence-electron chi connectivity index (χ0n) is 12.0. The number of nitrogens with two attached hydrogens (primary N) is 1. The molecule has 1 amide bonds. The van der Waals surface area contributed by atoms with E-state index in [9.17, 15) is 9.90 Å². The van der Waals surface area contributed by atoms with Crippen molar-refractivity contribution in [3.8, 4) is 5.75 Å². The molecule has 0 spiro atoms. The van der Waals surface area contributed by atoms with Crippen molar-refractivity contribution in [3.63, 3.8) is 0 Å². The number of piperazine rings is 1. The molecule has 1 aliphatic heterocycles. The molecule has 0 saturated carbocycles. The summed E-state index contributed by atoms with van der Waals surface area (Å²) in [6, 6.07) is 7.19. The number of aromatic hydroxyl groups is 1. The van der Waals surface area contributed by atoms with Crippen LogP contribution in [0.25, 0.3) is 0 Å². The molecule has 2 rings (SSSR count). The quantitative estimate of drug-likeness (QED) is 0.862. The molecule has 1 aromatic carbocycles. The highest BCUT2D eigenvalue weighted by Gasteiger charge is 2.24. The fourth-order valence-electron chi connectivity index (χ4n) is 2.53. The first-order chi connectivity index (χ1) is 9.61. The summed E-state index contributed by atoms with van der Waals surface area (Å²) >= 11 is 0. The van der Waals surface area contributed by atoms with Crippen LogP contribution in [0.15, 0.2) is 24.3 Å². The Bertz CT molecular complexity index is 439. The van der Waals surface area contributed by atoms with E-state index in [0.29, 0.717) is 6.54 Å². The third-order valence-electron chi connectivity index (χ3n) is 3.83. The second kappa shape index (κ2) is 6.61. The summed E-state index contributed by atoms with van der Waals surface area (Å²) in [5.41, 5.74) is 6.60. The van der Waals surface area contributed by atoms with Gasteiger partial charge in [-0.15, -0.1) is 0 Å². The summed E-state index contributed by atoms with van der Waals surface area (Å²) in [6.07, 6.45) is 0.747. The summed E-state index contributed by atoms with van der Waals surface area (Å²) < 4.78 is 0. The van der Waals surface area contributed by atoms with Crippen LogP contribution in [0.4, 0.5) is 5.69 Å². The molecule has 0 radical (unpaired) electrons. The minimum Gasteiger partial charge on any atom is -0.508 e. The fourth-order valence-corrected chi connectivity index (χ4v) is 2.53. The minimum atomic E-state index is 0.0141. The van der Waals surface area contributed by atoms with Crippen molar-refractivity contribution in [2.45, 2.75) is 13.3 Å². The van der Waals surface area contributed by atoms with E-state index in [4.69, 9.17) is 5.73 Å². The molecular formula is C15H23N3O2. The molecule has 1 aliphatic rings. The van der Waals surface area contributed by atoms with Crippen LogP contribution in [0.1, 0.15) is 13.3 Å². The van der Waals surface area contributed by atoms with E-state index >= 15 is 0 Å². The normalized spacial score (nSPS) is 17.1. The number of phenolic OH excluding ortho intramolecular Hbond substituents is 1. The number of hydrogen-bond donors (Lipinski definition) is 2. The molecule has 1 atom stereocenters. The Morgan fingerprint density at radius 2 is 1.85 bits per heavy atom. The van der Waals surface area contributed by atoms with Gasteiger partial charge in [-0.25, -0.2) is 0 Å². The van der Waals surface area contributed by atoms with Crippen LogP contribution in [-0.2, 0) is 4.79 Å². The van der Waals surface area contributed by atoms with Gasteiger partial charge >= 0.3 is 0 Å². The van der Waals surface area contributed by atoms with Crippen molar-refractivity contribution in [1.82, 2.24) is 4.90 Å². The van der Waals surface area contributed by atoms with Crippen LogP contribution in [0, 0.1) is 5.92 Å². The Morgan fingerprint density at radius 3 is 2.40 bits per heavy atom. The number of hydrogen-bond acceptors (Lipinski definition) is 4. The number of carbonyl (C=O) groups excluding carboxylic acids is 1. The van der Waals surface area contributed by atoms with E-state index in [2.05, 4.69) is 4.90 Å². The van der Waals surface area contributed by atoms with Gasteiger partial charge in [0.2, 0.25) is 5.91 Å². The highest BCUT2D eigenvalue weighted by atomic mass is 16.3. The predicted molar refractivity (Wildman–Crippen MR) is 79.7 cm³/mol. The lowest BCUT2D eigenvalue weighted by Gasteiger charge is -2.37. The first kappa shape index (κ1) is 14.7. The molecule has 0 bridgehead atoms. The Kier molecular flexibility index (Phi) is 4.84. The Balaban J connectivity index is 1.89. The fraction of sp³-hybridized carbons (Fsp3) is 0.533. The number of phenols is 1. The zero-order chi connectivity index (χ0) is 14.5. The average Bonchev–Trinajstić information content (AvgIpc) is 2.48. The molecule has 110 valence electrons. The SMILES string of the molecule is CC(CCN)C(=O)N1CCN(c2ccc(O)cc2)CC1. The van der Waals surface area contributed by atoms with E-state index in [-0.39, 0.29) is 17.6 Å². The van der Waals surface area contributed by atoms with Crippen molar-refractivity contribution in [2.75, 3.05) is 37.6 Å². The van der Waals surface area contributed by atoms with E-state index < -0.39 is 0 Å². The van der Waals surface area contributed by atoms with Crippen LogP contribution in [0.2, 0.25) is 0 Å². The lowest BCUT2D eigenvalue weighted by molar-refractivity contribution is -0.135. The lowest BCUT2D eigenvalue weighted by atomic mass is 10.1. The maximum absolute atomic E-state index is 12.2. The Hall–Kier alpha value is -1.75. The van der Waals surface area contributed by atoms with Crippen LogP contribution in [-0.4, -0.2) is 48.6 Å². The molecule has 5 nitrogen and oxygen atoms in total. The van der Waals surface area contributed by atoms with Crippen LogP contribution in [0.5, 0.6) is 5.75 Å². The number of amides is 1. The summed E-state index contributed by atoms with van der Waals surface area (Å²) in [4.78, 5) is 16.4. The van der Waals surface area contributed by atoms with Crippen molar-refractivity contribution in [1.29, 1.82) is 0 Å². The number of rotatable bonds is 4. The Morgan fingerprint density at radius 1 is 1.25 bits per heavy atom. The van der Waals surface area contributed by atoms with Crippen molar-refractivity contribution >= 4 is 11.6 Å². The van der Waals surface area contributed by atoms with Crippen molar-refractivity contribution in [2.24, 2.45) is 11.7 Å². The number of carbonyl (C=O) groups is 1. The van der Waals surface area contributed by atoms with E-state index in [1.807, 2.05) is 24.0 Å². The van der Waals surface area contributed by atoms with Gasteiger partial charge in [0.1, 0.15) is 5.75 Å². The second-order valence-corrected chi connectivity index (χ2v) is 5.31. The summed E-state index contributed by atoms with van der Waals surface area (Å²) in [7, 11) is 0. The monoisotopic (exact) mass is 277 g/mol. The number of anilines is 1. The van der Waals surface area contributed by atoms with E-state index in [1.165, 1.54) is 0 Å². The third-order valence-corrected chi connectivity index (χ3v) is 3.83. The topological polar surface area (TPSA) is 69.8 Å². The van der Waals surface area contributed by atoms with Crippen molar-refractivity contribution < 1.29 is 9.90 Å². The molecule has 1 saturated heterocycles. The van der Waals surface area contributed by atoms with Gasteiger partial charge in [0.05, 0.1) is 0 Å². The number of benzene rings is 1. The van der Waals surface area contributed by atoms with Gasteiger partial charge in [0.15, 0.2) is 0 Å². The molecule has 20 heavy (non-hydrogen) atoms. The van der Waals surface area contributed by atoms with Crippen LogP contribution < -0.4 is 10.6 Å². The van der Waals surface area contributed by atoms with Gasteiger partial charge in [0, 0.05) is 37.8 Å². The predicted octanol–water partition coefficient (Wildman–Crippen LogP) is 1.03. The van der Waals surface area contributed by atoms with Gasteiger partial charge in [-0.05, 0) is 37.2 Å². The van der Waals surface area contributed by atoms with Gasteiger partial charge in [0.25, 0.3) is 0 Å². The average molecular weight is 277 g/mol. The summed E-state index contributed by atoms with van der Waals surface area (Å²) in [6.45, 7) is 5.64. The smallest absolute Gasteiger partial charge is 0.225 e. The van der Waals surface area contributed by atoms with Gasteiger partial charge in [-0.2, -0.15) is 0 Å². The minimum absolute atomic E-state index is 0.0141. The number of nitrogens with zero attached hydrogens (tertiary/aromatic N) is 2. The van der Waals surface area contributed by atoms with Gasteiger partial charge in [-0.3, -0.25) is 4.79 Å². The first-order valence-electron chi connectivity index (χ1n) is 7.14. The molecule has 3 N–H and O–H groups in total. The molecule has 1 fully saturated rings. The van der Waals surface area contributed by atoms with Gasteiger partial charge in [-0.1, -0.05) is 6.92 Å². The third kappa shape index (κ3) is 3.42. The highest BCUT2D eigenvalue weighted by molar-refractivity contribution is 5.78. The molecule has 1 unspecified atom stereocenters. The Labute approximate surface area is 120 Å². The molecule has 0 aliphatic carbocycles. The largest absolute Gasteiger partial charge is 0.508 e. The first-order valence-corrected chi connectivity index (χ1v) is 7.14. The van der Waals surface area contributed by atoms with Crippen molar-refractivity contribution in [3.05, 3.63) is 24.3 Å². The van der Waals surface area contributed by atoms with Crippen LogP contribution >= 0.6 is 0 Å². The maximum atomic E-state index is 12.2. The van der Waals surface area contributed by atoms with E-state index in [0.717, 1.165) is 38.3 Å². The summed E-state index contributed by atoms with van der Waals surface area (Å²) in [5, 5.41) is 9.30. The molecule has 0 aromatic heterocycles. The molecule has 1 heterocycles. The molecule has 5 heteroatoms. The molecular weight excluding hydrogens is 254 g/mol. The highest BCUT2D eigenvalue weighted by Crippen LogP contribution is 2.20. The lowest BCUT2D eigenvalue weighted by Crippen LogP contribution is -2.50. The standard InChI is InChI=1S/C15H23N3O2/c1-12(6-7-16)15(20)18-10-8-17(9-11-18)13-2-4-14(19)5-3-13/h2-5,12,19H,6-11,16H2,1H3. The van der Waals surface area contributed by atoms with Crippen LogP contribution in [0.3, 0.4) is 0 Å². The zero-order valence-corrected chi connectivity index (χ0v) is 12.0. The summed E-state index contributed by atoms with van der Waals surface area (Å²) in [5.74, 6) is 0.499. The van der Waals surface area contributed by atoms with Gasteiger partial charge < -0.3 is 20.6 Å². The second-order valence-electron chi connectivity index (χ2n) is 5.31. The van der Waals surface area contributed by atoms with E-state index in [1.54, 1.807) is 12.1 Å². The molecule has 1 aromatic rings. The maximum Gasteiger partial charge on any atom is 0.225 e.